The lowest BCUT2D eigenvalue weighted by atomic mass is 10.1. The van der Waals surface area contributed by atoms with Crippen LogP contribution in [0.4, 0.5) is 15.8 Å². The number of hydrogen-bond donors (Lipinski definition) is 1. The molecule has 0 amide bonds. The molecule has 1 N–H and O–H groups in total. The van der Waals surface area contributed by atoms with Crippen LogP contribution in [0.1, 0.15) is 21.5 Å². The van der Waals surface area contributed by atoms with E-state index in [9.17, 15) is 32.8 Å². The number of hydrogen-bond acceptors (Lipinski definition) is 6. The number of nitrogens with zero attached hydrogens (tertiary/aromatic N) is 1. The fraction of sp³-hybridized carbons (Fsp3) is 0.133. The maximum absolute atomic E-state index is 13.3. The molecule has 0 heterocycles. The molecule has 10 heteroatoms. The fourth-order valence-corrected chi connectivity index (χ4v) is 3.54. The summed E-state index contributed by atoms with van der Waals surface area (Å²) in [5.41, 5.74) is -0.740. The summed E-state index contributed by atoms with van der Waals surface area (Å²) in [6.07, 6.45) is 0. The first-order valence-corrected chi connectivity index (χ1v) is 8.30. The molecular weight excluding hydrogens is 355 g/mol. The highest BCUT2D eigenvalue weighted by molar-refractivity contribution is 7.92. The number of aryl methyl sites for hydroxylation is 1. The number of nitro groups is 1. The van der Waals surface area contributed by atoms with Crippen molar-refractivity contribution in [1.29, 1.82) is 0 Å². The van der Waals surface area contributed by atoms with E-state index in [1.807, 2.05) is 0 Å². The van der Waals surface area contributed by atoms with Gasteiger partial charge in [-0.2, -0.15) is 4.39 Å². The molecule has 0 spiro atoms. The van der Waals surface area contributed by atoms with E-state index in [0.717, 1.165) is 24.3 Å². The van der Waals surface area contributed by atoms with Crippen LogP contribution in [0.15, 0.2) is 35.2 Å². The number of benzene rings is 2. The standard InChI is InChI=1S/C15H13FN2O6S/c1-8-5-10(15(19)20)6-14(9(8)2)25(23,24)17-11-3-4-12(16)13(7-11)18(21)22/h3-7,17H,1-2H3,(H,19,20)/p-1. The normalized spacial score (nSPS) is 11.2. The van der Waals surface area contributed by atoms with E-state index < -0.39 is 32.4 Å². The third-order valence-electron chi connectivity index (χ3n) is 3.54. The summed E-state index contributed by atoms with van der Waals surface area (Å²) in [5.74, 6) is -2.66. The lowest BCUT2D eigenvalue weighted by Crippen LogP contribution is -2.24. The molecule has 25 heavy (non-hydrogen) atoms. The van der Waals surface area contributed by atoms with Crippen molar-refractivity contribution in [2.24, 2.45) is 0 Å². The van der Waals surface area contributed by atoms with Gasteiger partial charge in [-0.3, -0.25) is 14.8 Å². The van der Waals surface area contributed by atoms with Crippen molar-refractivity contribution in [3.63, 3.8) is 0 Å². The van der Waals surface area contributed by atoms with Crippen LogP contribution in [-0.2, 0) is 10.0 Å². The second-order valence-electron chi connectivity index (χ2n) is 5.23. The number of carbonyl (C=O) groups excluding carboxylic acids is 1. The van der Waals surface area contributed by atoms with E-state index in [0.29, 0.717) is 11.1 Å². The second kappa shape index (κ2) is 6.48. The Morgan fingerprint density at radius 3 is 2.40 bits per heavy atom. The highest BCUT2D eigenvalue weighted by Crippen LogP contribution is 2.26. The van der Waals surface area contributed by atoms with Gasteiger partial charge in [0.25, 0.3) is 10.0 Å². The summed E-state index contributed by atoms with van der Waals surface area (Å²) in [7, 11) is -4.26. The van der Waals surface area contributed by atoms with Gasteiger partial charge >= 0.3 is 5.69 Å². The third-order valence-corrected chi connectivity index (χ3v) is 5.05. The Hall–Kier alpha value is -3.01. The molecule has 2 aromatic rings. The minimum Gasteiger partial charge on any atom is -0.545 e. The monoisotopic (exact) mass is 367 g/mol. The van der Waals surface area contributed by atoms with Crippen molar-refractivity contribution >= 4 is 27.4 Å². The molecule has 8 nitrogen and oxygen atoms in total. The molecule has 2 rings (SSSR count). The summed E-state index contributed by atoms with van der Waals surface area (Å²) in [6.45, 7) is 3.01. The van der Waals surface area contributed by atoms with E-state index in [1.54, 1.807) is 0 Å². The zero-order valence-corrected chi connectivity index (χ0v) is 13.9. The maximum atomic E-state index is 13.3. The second-order valence-corrected chi connectivity index (χ2v) is 6.88. The summed E-state index contributed by atoms with van der Waals surface area (Å²) < 4.78 is 40.5. The highest BCUT2D eigenvalue weighted by Gasteiger charge is 2.22. The van der Waals surface area contributed by atoms with Crippen molar-refractivity contribution in [2.75, 3.05) is 4.72 Å². The van der Waals surface area contributed by atoms with Crippen LogP contribution in [0, 0.1) is 29.8 Å². The Bertz CT molecular complexity index is 988. The number of aromatic carboxylic acids is 1. The van der Waals surface area contributed by atoms with Crippen molar-refractivity contribution in [3.05, 3.63) is 63.0 Å². The van der Waals surface area contributed by atoms with Gasteiger partial charge < -0.3 is 9.90 Å². The summed E-state index contributed by atoms with van der Waals surface area (Å²) in [4.78, 5) is 20.5. The summed E-state index contributed by atoms with van der Waals surface area (Å²) >= 11 is 0. The van der Waals surface area contributed by atoms with Gasteiger partial charge in [0.2, 0.25) is 5.82 Å². The molecule has 132 valence electrons. The number of halogens is 1. The number of rotatable bonds is 5. The van der Waals surface area contributed by atoms with Gasteiger partial charge in [0.1, 0.15) is 0 Å². The molecule has 0 saturated carbocycles. The lowest BCUT2D eigenvalue weighted by Gasteiger charge is -2.14. The van der Waals surface area contributed by atoms with Gasteiger partial charge in [0.15, 0.2) is 0 Å². The first-order chi connectivity index (χ1) is 11.5. The third kappa shape index (κ3) is 3.74. The molecule has 0 radical (unpaired) electrons. The smallest absolute Gasteiger partial charge is 0.306 e. The summed E-state index contributed by atoms with van der Waals surface area (Å²) in [5, 5.41) is 21.8. The molecule has 0 bridgehead atoms. The van der Waals surface area contributed by atoms with E-state index in [2.05, 4.69) is 4.72 Å². The topological polar surface area (TPSA) is 129 Å². The van der Waals surface area contributed by atoms with Crippen LogP contribution >= 0.6 is 0 Å². The molecule has 2 aromatic carbocycles. The Morgan fingerprint density at radius 2 is 1.84 bits per heavy atom. The van der Waals surface area contributed by atoms with Gasteiger partial charge in [0, 0.05) is 6.07 Å². The zero-order chi connectivity index (χ0) is 18.9. The molecule has 0 fully saturated rings. The van der Waals surface area contributed by atoms with Crippen LogP contribution < -0.4 is 9.83 Å². The van der Waals surface area contributed by atoms with Crippen molar-refractivity contribution in [1.82, 2.24) is 0 Å². The van der Waals surface area contributed by atoms with Crippen molar-refractivity contribution in [3.8, 4) is 0 Å². The number of carboxylic acids is 1. The lowest BCUT2D eigenvalue weighted by molar-refractivity contribution is -0.387. The van der Waals surface area contributed by atoms with Crippen LogP contribution in [0.5, 0.6) is 0 Å². The fourth-order valence-electron chi connectivity index (χ4n) is 2.15. The number of nitro benzene ring substituents is 1. The van der Waals surface area contributed by atoms with E-state index >= 15 is 0 Å². The van der Waals surface area contributed by atoms with Gasteiger partial charge in [0.05, 0.1) is 21.5 Å². The number of anilines is 1. The van der Waals surface area contributed by atoms with Crippen molar-refractivity contribution in [2.45, 2.75) is 18.7 Å². The number of carbonyl (C=O) groups is 1. The van der Waals surface area contributed by atoms with Gasteiger partial charge in [-0.25, -0.2) is 8.42 Å². The van der Waals surface area contributed by atoms with Crippen LogP contribution in [0.3, 0.4) is 0 Å². The molecule has 0 saturated heterocycles. The Kier molecular flexibility index (Phi) is 4.75. The number of nitrogens with one attached hydrogen (secondary N) is 1. The van der Waals surface area contributed by atoms with E-state index in [4.69, 9.17) is 0 Å². The minimum atomic E-state index is -4.26. The molecule has 0 aliphatic rings. The molecular formula is C15H12FN2O6S-. The van der Waals surface area contributed by atoms with Crippen LogP contribution in [0.25, 0.3) is 0 Å². The molecule has 0 unspecified atom stereocenters. The largest absolute Gasteiger partial charge is 0.545 e. The number of sulfonamides is 1. The van der Waals surface area contributed by atoms with E-state index in [1.165, 1.54) is 19.9 Å². The van der Waals surface area contributed by atoms with Crippen molar-refractivity contribution < 1.29 is 27.6 Å². The average Bonchev–Trinajstić information content (AvgIpc) is 2.50. The Morgan fingerprint density at radius 1 is 1.20 bits per heavy atom. The van der Waals surface area contributed by atoms with Gasteiger partial charge in [-0.15, -0.1) is 0 Å². The van der Waals surface area contributed by atoms with Crippen LogP contribution in [0.2, 0.25) is 0 Å². The first kappa shape index (κ1) is 18.3. The molecule has 0 aliphatic carbocycles. The zero-order valence-electron chi connectivity index (χ0n) is 13.1. The molecule has 0 aliphatic heterocycles. The maximum Gasteiger partial charge on any atom is 0.306 e. The van der Waals surface area contributed by atoms with Gasteiger partial charge in [-0.1, -0.05) is 0 Å². The predicted molar refractivity (Wildman–Crippen MR) is 84.1 cm³/mol. The van der Waals surface area contributed by atoms with Gasteiger partial charge in [-0.05, 0) is 54.8 Å². The van der Waals surface area contributed by atoms with E-state index in [-0.39, 0.29) is 16.1 Å². The first-order valence-electron chi connectivity index (χ1n) is 6.82. The Labute approximate surface area is 142 Å². The average molecular weight is 367 g/mol. The minimum absolute atomic E-state index is 0.232. The van der Waals surface area contributed by atoms with Crippen LogP contribution in [-0.4, -0.2) is 19.3 Å². The SMILES string of the molecule is Cc1cc(C(=O)[O-])cc(S(=O)(=O)Nc2ccc(F)c([N+](=O)[O-])c2)c1C. The summed E-state index contributed by atoms with van der Waals surface area (Å²) in [6, 6.07) is 4.71. The number of carboxylic acid groups (broad SMARTS) is 1. The Balaban J connectivity index is 2.52. The predicted octanol–water partition coefficient (Wildman–Crippen LogP) is 1.52. The quantitative estimate of drug-likeness (QED) is 0.630. The highest BCUT2D eigenvalue weighted by atomic mass is 32.2. The molecule has 0 atom stereocenters. The molecule has 0 aromatic heterocycles.